The Morgan fingerprint density at radius 1 is 1.50 bits per heavy atom. The van der Waals surface area contributed by atoms with Crippen LogP contribution in [0.5, 0.6) is 0 Å². The third-order valence-electron chi connectivity index (χ3n) is 2.09. The monoisotopic (exact) mass is 170 g/mol. The number of ketones is 1. The standard InChI is InChI=1S/C10H18O2/c1-5-10(12)8(3)6-7(2)9(4)11/h6,8,10,12H,5H2,1-4H3/b7-6+. The molecule has 0 amide bonds. The van der Waals surface area contributed by atoms with Gasteiger partial charge in [-0.1, -0.05) is 19.9 Å². The normalized spacial score (nSPS) is 17.2. The van der Waals surface area contributed by atoms with Crippen molar-refractivity contribution in [3.8, 4) is 0 Å². The van der Waals surface area contributed by atoms with Gasteiger partial charge < -0.3 is 5.11 Å². The Hall–Kier alpha value is -0.630. The first-order valence-corrected chi connectivity index (χ1v) is 4.36. The number of allylic oxidation sites excluding steroid dienone is 1. The molecule has 0 fully saturated rings. The van der Waals surface area contributed by atoms with Crippen molar-refractivity contribution in [2.45, 2.75) is 40.2 Å². The van der Waals surface area contributed by atoms with Crippen LogP contribution in [0.3, 0.4) is 0 Å². The van der Waals surface area contributed by atoms with Crippen LogP contribution in [0.2, 0.25) is 0 Å². The molecule has 0 spiro atoms. The fourth-order valence-corrected chi connectivity index (χ4v) is 0.995. The lowest BCUT2D eigenvalue weighted by atomic mass is 9.99. The van der Waals surface area contributed by atoms with E-state index in [9.17, 15) is 9.90 Å². The van der Waals surface area contributed by atoms with E-state index in [1.807, 2.05) is 19.9 Å². The maximum Gasteiger partial charge on any atom is 0.155 e. The number of carbonyl (C=O) groups is 1. The summed E-state index contributed by atoms with van der Waals surface area (Å²) >= 11 is 0. The molecule has 0 aliphatic heterocycles. The summed E-state index contributed by atoms with van der Waals surface area (Å²) in [5.41, 5.74) is 0.731. The average Bonchev–Trinajstić information content (AvgIpc) is 2.02. The van der Waals surface area contributed by atoms with Crippen LogP contribution >= 0.6 is 0 Å². The van der Waals surface area contributed by atoms with E-state index in [-0.39, 0.29) is 17.8 Å². The number of hydrogen-bond donors (Lipinski definition) is 1. The van der Waals surface area contributed by atoms with Crippen molar-refractivity contribution in [2.75, 3.05) is 0 Å². The van der Waals surface area contributed by atoms with E-state index < -0.39 is 0 Å². The minimum atomic E-state index is -0.334. The smallest absolute Gasteiger partial charge is 0.155 e. The minimum Gasteiger partial charge on any atom is -0.393 e. The second-order valence-electron chi connectivity index (χ2n) is 3.24. The van der Waals surface area contributed by atoms with Gasteiger partial charge in [-0.15, -0.1) is 0 Å². The number of rotatable bonds is 4. The zero-order chi connectivity index (χ0) is 9.72. The molecule has 1 N–H and O–H groups in total. The third kappa shape index (κ3) is 3.67. The topological polar surface area (TPSA) is 37.3 Å². The molecule has 0 rings (SSSR count). The zero-order valence-electron chi connectivity index (χ0n) is 8.29. The summed E-state index contributed by atoms with van der Waals surface area (Å²) in [7, 11) is 0. The van der Waals surface area contributed by atoms with Gasteiger partial charge in [0.2, 0.25) is 0 Å². The van der Waals surface area contributed by atoms with Crippen molar-refractivity contribution in [1.82, 2.24) is 0 Å². The van der Waals surface area contributed by atoms with Crippen molar-refractivity contribution < 1.29 is 9.90 Å². The molecule has 2 nitrogen and oxygen atoms in total. The van der Waals surface area contributed by atoms with Crippen LogP contribution in [-0.2, 0) is 4.79 Å². The molecule has 0 bridgehead atoms. The van der Waals surface area contributed by atoms with Crippen LogP contribution in [-0.4, -0.2) is 17.0 Å². The molecular weight excluding hydrogens is 152 g/mol. The lowest BCUT2D eigenvalue weighted by Gasteiger charge is -2.13. The van der Waals surface area contributed by atoms with E-state index in [0.29, 0.717) is 0 Å². The quantitative estimate of drug-likeness (QED) is 0.654. The van der Waals surface area contributed by atoms with Gasteiger partial charge in [-0.3, -0.25) is 4.79 Å². The van der Waals surface area contributed by atoms with Crippen LogP contribution in [0.4, 0.5) is 0 Å². The van der Waals surface area contributed by atoms with Gasteiger partial charge in [0, 0.05) is 5.92 Å². The molecule has 12 heavy (non-hydrogen) atoms. The second kappa shape index (κ2) is 5.09. The summed E-state index contributed by atoms with van der Waals surface area (Å²) in [6.45, 7) is 7.16. The van der Waals surface area contributed by atoms with Crippen molar-refractivity contribution in [3.05, 3.63) is 11.6 Å². The molecule has 0 radical (unpaired) electrons. The highest BCUT2D eigenvalue weighted by Gasteiger charge is 2.09. The molecule has 2 atom stereocenters. The average molecular weight is 170 g/mol. The van der Waals surface area contributed by atoms with Crippen LogP contribution in [0.25, 0.3) is 0 Å². The van der Waals surface area contributed by atoms with Crippen molar-refractivity contribution in [1.29, 1.82) is 0 Å². The predicted octanol–water partition coefficient (Wildman–Crippen LogP) is 1.93. The van der Waals surface area contributed by atoms with Gasteiger partial charge >= 0.3 is 0 Å². The first-order valence-electron chi connectivity index (χ1n) is 4.36. The molecule has 2 heteroatoms. The lowest BCUT2D eigenvalue weighted by molar-refractivity contribution is -0.113. The molecular formula is C10H18O2. The van der Waals surface area contributed by atoms with Crippen LogP contribution in [0, 0.1) is 5.92 Å². The molecule has 0 heterocycles. The molecule has 0 saturated carbocycles. The maximum atomic E-state index is 10.8. The van der Waals surface area contributed by atoms with E-state index in [1.54, 1.807) is 6.92 Å². The van der Waals surface area contributed by atoms with Gasteiger partial charge in [-0.25, -0.2) is 0 Å². The van der Waals surface area contributed by atoms with Crippen LogP contribution < -0.4 is 0 Å². The summed E-state index contributed by atoms with van der Waals surface area (Å²) in [5, 5.41) is 9.40. The Morgan fingerprint density at radius 2 is 2.00 bits per heavy atom. The maximum absolute atomic E-state index is 10.8. The number of carbonyl (C=O) groups excluding carboxylic acids is 1. The van der Waals surface area contributed by atoms with E-state index in [4.69, 9.17) is 0 Å². The van der Waals surface area contributed by atoms with Gasteiger partial charge in [0.1, 0.15) is 0 Å². The Bertz CT molecular complexity index is 182. The molecule has 2 unspecified atom stereocenters. The van der Waals surface area contributed by atoms with Gasteiger partial charge in [0.05, 0.1) is 6.10 Å². The predicted molar refractivity (Wildman–Crippen MR) is 49.9 cm³/mol. The Morgan fingerprint density at radius 3 is 2.33 bits per heavy atom. The van der Waals surface area contributed by atoms with E-state index >= 15 is 0 Å². The SMILES string of the molecule is CCC(O)C(C)/C=C(\C)C(C)=O. The fourth-order valence-electron chi connectivity index (χ4n) is 0.995. The Kier molecular flexibility index (Phi) is 4.83. The van der Waals surface area contributed by atoms with E-state index in [0.717, 1.165) is 12.0 Å². The van der Waals surface area contributed by atoms with Gasteiger partial charge in [0.15, 0.2) is 5.78 Å². The van der Waals surface area contributed by atoms with Gasteiger partial charge in [0.25, 0.3) is 0 Å². The molecule has 0 aromatic heterocycles. The van der Waals surface area contributed by atoms with E-state index in [1.165, 1.54) is 6.92 Å². The first kappa shape index (κ1) is 11.4. The highest BCUT2D eigenvalue weighted by atomic mass is 16.3. The number of hydrogen-bond acceptors (Lipinski definition) is 2. The lowest BCUT2D eigenvalue weighted by Crippen LogP contribution is -2.15. The summed E-state index contributed by atoms with van der Waals surface area (Å²) < 4.78 is 0. The number of aliphatic hydroxyl groups is 1. The molecule has 70 valence electrons. The summed E-state index contributed by atoms with van der Waals surface area (Å²) in [6.07, 6.45) is 2.22. The van der Waals surface area contributed by atoms with Gasteiger partial charge in [-0.05, 0) is 25.8 Å². The minimum absolute atomic E-state index is 0.0684. The Balaban J connectivity index is 4.22. The zero-order valence-corrected chi connectivity index (χ0v) is 8.29. The number of aliphatic hydroxyl groups excluding tert-OH is 1. The van der Waals surface area contributed by atoms with E-state index in [2.05, 4.69) is 0 Å². The van der Waals surface area contributed by atoms with Crippen LogP contribution in [0.15, 0.2) is 11.6 Å². The molecule has 0 aliphatic carbocycles. The molecule has 0 aromatic rings. The Labute approximate surface area is 74.3 Å². The summed E-state index contributed by atoms with van der Waals surface area (Å²) in [6, 6.07) is 0. The largest absolute Gasteiger partial charge is 0.393 e. The van der Waals surface area contributed by atoms with Crippen molar-refractivity contribution in [3.63, 3.8) is 0 Å². The second-order valence-corrected chi connectivity index (χ2v) is 3.24. The first-order chi connectivity index (χ1) is 5.49. The third-order valence-corrected chi connectivity index (χ3v) is 2.09. The molecule has 0 aliphatic rings. The molecule has 0 saturated heterocycles. The molecule has 0 aromatic carbocycles. The van der Waals surface area contributed by atoms with Gasteiger partial charge in [-0.2, -0.15) is 0 Å². The van der Waals surface area contributed by atoms with Crippen molar-refractivity contribution >= 4 is 5.78 Å². The van der Waals surface area contributed by atoms with Crippen molar-refractivity contribution in [2.24, 2.45) is 5.92 Å². The summed E-state index contributed by atoms with van der Waals surface area (Å²) in [5.74, 6) is 0.143. The number of Topliss-reactive ketones (excluding diaryl/α,β-unsaturated/α-hetero) is 1. The highest BCUT2D eigenvalue weighted by Crippen LogP contribution is 2.11. The fraction of sp³-hybridized carbons (Fsp3) is 0.700. The highest BCUT2D eigenvalue weighted by molar-refractivity contribution is 5.92. The van der Waals surface area contributed by atoms with Crippen LogP contribution in [0.1, 0.15) is 34.1 Å². The summed E-state index contributed by atoms with van der Waals surface area (Å²) in [4.78, 5) is 10.8.